The van der Waals surface area contributed by atoms with Gasteiger partial charge in [0.1, 0.15) is 0 Å². The summed E-state index contributed by atoms with van der Waals surface area (Å²) in [6.45, 7) is 14.5. The van der Waals surface area contributed by atoms with Gasteiger partial charge in [0, 0.05) is 6.54 Å². The Morgan fingerprint density at radius 1 is 0.963 bits per heavy atom. The number of benzene rings is 2. The summed E-state index contributed by atoms with van der Waals surface area (Å²) in [6, 6.07) is 21.1. The molecule has 0 aromatic heterocycles. The minimum atomic E-state index is -1.82. The van der Waals surface area contributed by atoms with Crippen molar-refractivity contribution in [2.75, 3.05) is 0 Å². The first-order valence-corrected chi connectivity index (χ1v) is 12.8. The van der Waals surface area contributed by atoms with Gasteiger partial charge < -0.3 is 9.74 Å². The molecule has 0 spiro atoms. The standard InChI is InChI=1S/C24H35NOSi/c1-20(26-27(5,6)24(2,3)4)23(18-17-21-13-9-7-10-14-21)25-19-22-15-11-8-12-16-22/h7-18,20,23,25H,19H2,1-6H3/b18-17+/t20-,23+/m0/s1. The molecule has 0 radical (unpaired) electrons. The van der Waals surface area contributed by atoms with Crippen LogP contribution in [0.2, 0.25) is 18.1 Å². The molecular formula is C24H35NOSi. The van der Waals surface area contributed by atoms with E-state index in [1.165, 1.54) is 11.1 Å². The third-order valence-corrected chi connectivity index (χ3v) is 10.0. The van der Waals surface area contributed by atoms with Crippen LogP contribution in [0.25, 0.3) is 6.08 Å². The molecule has 0 aliphatic rings. The first-order valence-electron chi connectivity index (χ1n) is 9.87. The summed E-state index contributed by atoms with van der Waals surface area (Å²) in [6.07, 6.45) is 4.54. The molecule has 0 unspecified atom stereocenters. The molecule has 2 nitrogen and oxygen atoms in total. The van der Waals surface area contributed by atoms with Gasteiger partial charge in [-0.3, -0.25) is 0 Å². The minimum Gasteiger partial charge on any atom is -0.412 e. The molecule has 0 saturated heterocycles. The molecule has 0 fully saturated rings. The van der Waals surface area contributed by atoms with Gasteiger partial charge in [-0.25, -0.2) is 0 Å². The Morgan fingerprint density at radius 3 is 2.07 bits per heavy atom. The van der Waals surface area contributed by atoms with E-state index in [0.717, 1.165) is 6.54 Å². The van der Waals surface area contributed by atoms with Crippen LogP contribution in [-0.2, 0) is 11.0 Å². The van der Waals surface area contributed by atoms with Crippen molar-refractivity contribution in [1.82, 2.24) is 5.32 Å². The van der Waals surface area contributed by atoms with Crippen molar-refractivity contribution >= 4 is 14.4 Å². The van der Waals surface area contributed by atoms with Crippen molar-refractivity contribution in [3.8, 4) is 0 Å². The maximum Gasteiger partial charge on any atom is 0.192 e. The van der Waals surface area contributed by atoms with Gasteiger partial charge in [-0.05, 0) is 36.2 Å². The molecule has 0 saturated carbocycles. The first-order chi connectivity index (χ1) is 12.7. The van der Waals surface area contributed by atoms with Crippen LogP contribution in [0.15, 0.2) is 66.7 Å². The van der Waals surface area contributed by atoms with Crippen LogP contribution in [0.5, 0.6) is 0 Å². The van der Waals surface area contributed by atoms with Crippen LogP contribution in [-0.4, -0.2) is 20.5 Å². The van der Waals surface area contributed by atoms with Crippen LogP contribution in [0.3, 0.4) is 0 Å². The molecule has 2 atom stereocenters. The number of hydrogen-bond acceptors (Lipinski definition) is 2. The van der Waals surface area contributed by atoms with Gasteiger partial charge >= 0.3 is 0 Å². The molecule has 0 bridgehead atoms. The zero-order valence-corrected chi connectivity index (χ0v) is 18.7. The van der Waals surface area contributed by atoms with Gasteiger partial charge in [0.25, 0.3) is 0 Å². The zero-order valence-electron chi connectivity index (χ0n) is 17.7. The van der Waals surface area contributed by atoms with E-state index in [-0.39, 0.29) is 17.2 Å². The molecule has 0 aliphatic heterocycles. The van der Waals surface area contributed by atoms with Crippen LogP contribution in [0.1, 0.15) is 38.8 Å². The Hall–Kier alpha value is -1.68. The molecule has 0 aliphatic carbocycles. The molecule has 146 valence electrons. The molecule has 0 heterocycles. The summed E-state index contributed by atoms with van der Waals surface area (Å²) < 4.78 is 6.67. The Kier molecular flexibility index (Phi) is 7.60. The lowest BCUT2D eigenvalue weighted by Gasteiger charge is -2.40. The lowest BCUT2D eigenvalue weighted by Crippen LogP contribution is -2.48. The van der Waals surface area contributed by atoms with Crippen molar-refractivity contribution in [2.45, 2.75) is 64.5 Å². The van der Waals surface area contributed by atoms with Crippen molar-refractivity contribution in [3.63, 3.8) is 0 Å². The second-order valence-corrected chi connectivity index (χ2v) is 13.5. The molecule has 1 N–H and O–H groups in total. The van der Waals surface area contributed by atoms with E-state index in [9.17, 15) is 0 Å². The predicted octanol–water partition coefficient (Wildman–Crippen LogP) is 6.27. The van der Waals surface area contributed by atoms with Gasteiger partial charge in [-0.2, -0.15) is 0 Å². The maximum atomic E-state index is 6.67. The van der Waals surface area contributed by atoms with Crippen molar-refractivity contribution in [1.29, 1.82) is 0 Å². The largest absolute Gasteiger partial charge is 0.412 e. The van der Waals surface area contributed by atoms with Gasteiger partial charge in [-0.15, -0.1) is 0 Å². The first kappa shape index (κ1) is 21.6. The third-order valence-electron chi connectivity index (χ3n) is 5.47. The van der Waals surface area contributed by atoms with Crippen LogP contribution >= 0.6 is 0 Å². The fourth-order valence-corrected chi connectivity index (χ4v) is 4.15. The highest BCUT2D eigenvalue weighted by atomic mass is 28.4. The van der Waals surface area contributed by atoms with E-state index in [4.69, 9.17) is 4.43 Å². The molecular weight excluding hydrogens is 346 g/mol. The van der Waals surface area contributed by atoms with Crippen molar-refractivity contribution < 1.29 is 4.43 Å². The van der Waals surface area contributed by atoms with Crippen LogP contribution < -0.4 is 5.32 Å². The summed E-state index contributed by atoms with van der Waals surface area (Å²) in [5.41, 5.74) is 2.50. The normalized spacial score (nSPS) is 15.0. The summed E-state index contributed by atoms with van der Waals surface area (Å²) >= 11 is 0. The molecule has 2 aromatic rings. The summed E-state index contributed by atoms with van der Waals surface area (Å²) in [5, 5.41) is 3.89. The van der Waals surface area contributed by atoms with Crippen LogP contribution in [0, 0.1) is 0 Å². The minimum absolute atomic E-state index is 0.106. The Labute approximate surface area is 166 Å². The van der Waals surface area contributed by atoms with E-state index >= 15 is 0 Å². The van der Waals surface area contributed by atoms with E-state index in [2.05, 4.69) is 113 Å². The fraction of sp³-hybridized carbons (Fsp3) is 0.417. The molecule has 27 heavy (non-hydrogen) atoms. The topological polar surface area (TPSA) is 21.3 Å². The highest BCUT2D eigenvalue weighted by molar-refractivity contribution is 6.74. The summed E-state index contributed by atoms with van der Waals surface area (Å²) in [5.74, 6) is 0. The van der Waals surface area contributed by atoms with Gasteiger partial charge in [0.2, 0.25) is 0 Å². The Balaban J connectivity index is 2.13. The average molecular weight is 382 g/mol. The number of nitrogens with one attached hydrogen (secondary N) is 1. The summed E-state index contributed by atoms with van der Waals surface area (Å²) in [4.78, 5) is 0. The van der Waals surface area contributed by atoms with Gasteiger partial charge in [0.05, 0.1) is 12.1 Å². The predicted molar refractivity (Wildman–Crippen MR) is 120 cm³/mol. The fourth-order valence-electron chi connectivity index (χ4n) is 2.72. The van der Waals surface area contributed by atoms with E-state index < -0.39 is 8.32 Å². The SMILES string of the molecule is C[C@H](O[Si](C)(C)C(C)(C)C)[C@@H](/C=C/c1ccccc1)NCc1ccccc1. The highest BCUT2D eigenvalue weighted by Crippen LogP contribution is 2.37. The molecule has 2 rings (SSSR count). The molecule has 0 amide bonds. The second kappa shape index (κ2) is 9.49. The van der Waals surface area contributed by atoms with Crippen LogP contribution in [0.4, 0.5) is 0 Å². The molecule has 3 heteroatoms. The van der Waals surface area contributed by atoms with E-state index in [1.54, 1.807) is 0 Å². The average Bonchev–Trinajstić information content (AvgIpc) is 2.62. The smallest absolute Gasteiger partial charge is 0.192 e. The van der Waals surface area contributed by atoms with Gasteiger partial charge in [0.15, 0.2) is 8.32 Å². The Bertz CT molecular complexity index is 704. The van der Waals surface area contributed by atoms with E-state index in [0.29, 0.717) is 0 Å². The monoisotopic (exact) mass is 381 g/mol. The lowest BCUT2D eigenvalue weighted by atomic mass is 10.1. The molecule has 2 aromatic carbocycles. The quantitative estimate of drug-likeness (QED) is 0.544. The summed E-state index contributed by atoms with van der Waals surface area (Å²) in [7, 11) is -1.82. The van der Waals surface area contributed by atoms with Crippen molar-refractivity contribution in [2.24, 2.45) is 0 Å². The van der Waals surface area contributed by atoms with Gasteiger partial charge in [-0.1, -0.05) is 93.6 Å². The van der Waals surface area contributed by atoms with E-state index in [1.807, 2.05) is 6.07 Å². The lowest BCUT2D eigenvalue weighted by molar-refractivity contribution is 0.170. The van der Waals surface area contributed by atoms with Crippen molar-refractivity contribution in [3.05, 3.63) is 77.9 Å². The second-order valence-electron chi connectivity index (χ2n) is 8.75. The zero-order chi connectivity index (χ0) is 19.9. The maximum absolute atomic E-state index is 6.67. The Morgan fingerprint density at radius 2 is 1.52 bits per heavy atom. The third kappa shape index (κ3) is 6.76. The number of rotatable bonds is 8. The highest BCUT2D eigenvalue weighted by Gasteiger charge is 2.39. The number of hydrogen-bond donors (Lipinski definition) is 1.